The molecule has 2 aromatic carbocycles. The second kappa shape index (κ2) is 6.55. The monoisotopic (exact) mass is 354 g/mol. The van der Waals surface area contributed by atoms with E-state index in [1.54, 1.807) is 6.07 Å². The first-order valence-electron chi connectivity index (χ1n) is 7.99. The molecule has 0 aliphatic rings. The van der Waals surface area contributed by atoms with Gasteiger partial charge in [0.25, 0.3) is 0 Å². The molecule has 6 nitrogen and oxygen atoms in total. The largest absolute Gasteiger partial charge is 0.478 e. The van der Waals surface area contributed by atoms with E-state index in [-0.39, 0.29) is 16.8 Å². The molecule has 0 bridgehead atoms. The van der Waals surface area contributed by atoms with Crippen LogP contribution in [0, 0.1) is 6.92 Å². The Bertz CT molecular complexity index is 1030. The third-order valence-electron chi connectivity index (χ3n) is 3.82. The molecule has 26 heavy (non-hydrogen) atoms. The summed E-state index contributed by atoms with van der Waals surface area (Å²) in [7, 11) is 0. The van der Waals surface area contributed by atoms with Gasteiger partial charge in [-0.3, -0.25) is 4.79 Å². The summed E-state index contributed by atoms with van der Waals surface area (Å²) in [5, 5.41) is 9.46. The topological polar surface area (TPSA) is 86.0 Å². The van der Waals surface area contributed by atoms with E-state index in [2.05, 4.69) is 0 Å². The number of ether oxygens (including phenoxy) is 2. The molecule has 0 saturated heterocycles. The van der Waals surface area contributed by atoms with Gasteiger partial charge in [-0.05, 0) is 50.6 Å². The van der Waals surface area contributed by atoms with Gasteiger partial charge in [-0.2, -0.15) is 0 Å². The van der Waals surface area contributed by atoms with Gasteiger partial charge in [-0.15, -0.1) is 0 Å². The smallest absolute Gasteiger partial charge is 0.347 e. The molecule has 0 amide bonds. The lowest BCUT2D eigenvalue weighted by Crippen LogP contribution is -2.37. The lowest BCUT2D eigenvalue weighted by Gasteiger charge is -2.21. The summed E-state index contributed by atoms with van der Waals surface area (Å²) in [5.41, 5.74) is -0.431. The first-order chi connectivity index (χ1) is 12.3. The highest BCUT2D eigenvalue weighted by Gasteiger charge is 2.29. The van der Waals surface area contributed by atoms with Crippen molar-refractivity contribution in [3.05, 3.63) is 64.5 Å². The zero-order chi connectivity index (χ0) is 18.9. The molecule has 134 valence electrons. The minimum absolute atomic E-state index is 0.0719. The van der Waals surface area contributed by atoms with E-state index in [0.29, 0.717) is 16.9 Å². The molecule has 0 unspecified atom stereocenters. The van der Waals surface area contributed by atoms with E-state index < -0.39 is 11.6 Å². The number of hydrogen-bond acceptors (Lipinski definition) is 5. The van der Waals surface area contributed by atoms with Crippen LogP contribution in [0.1, 0.15) is 19.4 Å². The van der Waals surface area contributed by atoms with E-state index >= 15 is 0 Å². The summed E-state index contributed by atoms with van der Waals surface area (Å²) < 4.78 is 16.6. The van der Waals surface area contributed by atoms with Crippen LogP contribution in [-0.2, 0) is 4.79 Å². The fourth-order valence-electron chi connectivity index (χ4n) is 2.37. The van der Waals surface area contributed by atoms with Gasteiger partial charge in [-0.1, -0.05) is 12.1 Å². The van der Waals surface area contributed by atoms with Gasteiger partial charge in [-0.25, -0.2) is 4.79 Å². The molecule has 1 heterocycles. The lowest BCUT2D eigenvalue weighted by molar-refractivity contribution is -0.152. The van der Waals surface area contributed by atoms with Crippen LogP contribution in [0.5, 0.6) is 17.2 Å². The first kappa shape index (κ1) is 17.5. The molecule has 3 rings (SSSR count). The highest BCUT2D eigenvalue weighted by molar-refractivity contribution is 5.80. The quantitative estimate of drug-likeness (QED) is 0.741. The van der Waals surface area contributed by atoms with Crippen molar-refractivity contribution in [3.8, 4) is 17.2 Å². The van der Waals surface area contributed by atoms with Crippen molar-refractivity contribution in [2.45, 2.75) is 26.4 Å². The van der Waals surface area contributed by atoms with E-state index in [4.69, 9.17) is 19.0 Å². The molecule has 0 radical (unpaired) electrons. The summed E-state index contributed by atoms with van der Waals surface area (Å²) in [6.07, 6.45) is 1.24. The predicted molar refractivity (Wildman–Crippen MR) is 96.1 cm³/mol. The molecule has 0 aliphatic carbocycles. The molecule has 6 heteroatoms. The van der Waals surface area contributed by atoms with Gasteiger partial charge in [0.15, 0.2) is 5.60 Å². The first-order valence-corrected chi connectivity index (χ1v) is 7.99. The number of carbonyl (C=O) groups is 1. The summed E-state index contributed by atoms with van der Waals surface area (Å²) in [4.78, 5) is 23.8. The number of aliphatic carboxylic acids is 1. The van der Waals surface area contributed by atoms with Gasteiger partial charge >= 0.3 is 5.97 Å². The molecular weight excluding hydrogens is 336 g/mol. The molecule has 0 aliphatic heterocycles. The lowest BCUT2D eigenvalue weighted by atomic mass is 10.1. The second-order valence-corrected chi connectivity index (χ2v) is 6.42. The number of benzene rings is 2. The molecule has 0 saturated carbocycles. The minimum Gasteiger partial charge on any atom is -0.478 e. The highest BCUT2D eigenvalue weighted by atomic mass is 16.5. The predicted octanol–water partition coefficient (Wildman–Crippen LogP) is 4.14. The van der Waals surface area contributed by atoms with Crippen molar-refractivity contribution in [2.75, 3.05) is 0 Å². The molecule has 0 spiro atoms. The Balaban J connectivity index is 1.94. The van der Waals surface area contributed by atoms with Gasteiger partial charge in [0.1, 0.15) is 23.3 Å². The average molecular weight is 354 g/mol. The van der Waals surface area contributed by atoms with Gasteiger partial charge < -0.3 is 19.0 Å². The Morgan fingerprint density at radius 1 is 1.12 bits per heavy atom. The van der Waals surface area contributed by atoms with Crippen molar-refractivity contribution in [1.82, 2.24) is 0 Å². The molecule has 1 N–H and O–H groups in total. The number of rotatable bonds is 5. The number of carboxylic acid groups (broad SMARTS) is 1. The van der Waals surface area contributed by atoms with Crippen LogP contribution in [-0.4, -0.2) is 16.7 Å². The SMILES string of the molecule is Cc1cccc(Oc2coc3cc(OC(C)(C)C(=O)O)ccc3c2=O)c1. The maximum atomic E-state index is 12.6. The van der Waals surface area contributed by atoms with Gasteiger partial charge in [0, 0.05) is 6.07 Å². The van der Waals surface area contributed by atoms with Gasteiger partial charge in [0.05, 0.1) is 5.39 Å². The maximum Gasteiger partial charge on any atom is 0.347 e. The number of hydrogen-bond donors (Lipinski definition) is 1. The van der Waals surface area contributed by atoms with E-state index in [1.807, 2.05) is 25.1 Å². The summed E-state index contributed by atoms with van der Waals surface area (Å²) in [6.45, 7) is 4.80. The van der Waals surface area contributed by atoms with Crippen LogP contribution in [0.3, 0.4) is 0 Å². The average Bonchev–Trinajstić information content (AvgIpc) is 2.57. The minimum atomic E-state index is -1.40. The standard InChI is InChI=1S/C20H18O6/c1-12-5-4-6-13(9-12)25-17-11-24-16-10-14(7-8-15(16)18(17)21)26-20(2,3)19(22)23/h4-11H,1-3H3,(H,22,23). The second-order valence-electron chi connectivity index (χ2n) is 6.42. The summed E-state index contributed by atoms with van der Waals surface area (Å²) in [5.74, 6) is -0.191. The van der Waals surface area contributed by atoms with Crippen molar-refractivity contribution >= 4 is 16.9 Å². The third kappa shape index (κ3) is 3.54. The fraction of sp³-hybridized carbons (Fsp3) is 0.200. The normalized spacial score (nSPS) is 11.3. The van der Waals surface area contributed by atoms with E-state index in [9.17, 15) is 9.59 Å². The summed E-state index contributed by atoms with van der Waals surface area (Å²) >= 11 is 0. The summed E-state index contributed by atoms with van der Waals surface area (Å²) in [6, 6.07) is 11.9. The van der Waals surface area contributed by atoms with Crippen molar-refractivity contribution < 1.29 is 23.8 Å². The fourth-order valence-corrected chi connectivity index (χ4v) is 2.37. The van der Waals surface area contributed by atoms with Gasteiger partial charge in [0.2, 0.25) is 11.2 Å². The molecule has 1 aromatic heterocycles. The van der Waals surface area contributed by atoms with Crippen molar-refractivity contribution in [3.63, 3.8) is 0 Å². The molecule has 3 aromatic rings. The Morgan fingerprint density at radius 3 is 2.58 bits per heavy atom. The van der Waals surface area contributed by atoms with Crippen LogP contribution >= 0.6 is 0 Å². The molecular formula is C20H18O6. The van der Waals surface area contributed by atoms with Crippen LogP contribution in [0.15, 0.2) is 57.9 Å². The Morgan fingerprint density at radius 2 is 1.88 bits per heavy atom. The Labute approximate surface area is 149 Å². The van der Waals surface area contributed by atoms with E-state index in [0.717, 1.165) is 5.56 Å². The number of fused-ring (bicyclic) bond motifs is 1. The highest BCUT2D eigenvalue weighted by Crippen LogP contribution is 2.26. The number of carboxylic acids is 1. The zero-order valence-corrected chi connectivity index (χ0v) is 14.6. The van der Waals surface area contributed by atoms with Crippen LogP contribution in [0.4, 0.5) is 0 Å². The van der Waals surface area contributed by atoms with Crippen LogP contribution in [0.2, 0.25) is 0 Å². The van der Waals surface area contributed by atoms with Crippen molar-refractivity contribution in [1.29, 1.82) is 0 Å². The Kier molecular flexibility index (Phi) is 4.42. The Hall–Kier alpha value is -3.28. The molecule has 0 atom stereocenters. The third-order valence-corrected chi connectivity index (χ3v) is 3.82. The van der Waals surface area contributed by atoms with E-state index in [1.165, 1.54) is 38.3 Å². The molecule has 0 fully saturated rings. The van der Waals surface area contributed by atoms with Crippen LogP contribution in [0.25, 0.3) is 11.0 Å². The van der Waals surface area contributed by atoms with Crippen LogP contribution < -0.4 is 14.9 Å². The zero-order valence-electron chi connectivity index (χ0n) is 14.6. The maximum absolute atomic E-state index is 12.6. The van der Waals surface area contributed by atoms with Crippen molar-refractivity contribution in [2.24, 2.45) is 0 Å². The number of aryl methyl sites for hydroxylation is 1.